The SMILES string of the molecule is Cc1cc(C(=O)N2CCN(C(=O)N(C)C)CC2)ns1. The van der Waals surface area contributed by atoms with E-state index in [2.05, 4.69) is 4.37 Å². The van der Waals surface area contributed by atoms with Crippen molar-refractivity contribution in [3.63, 3.8) is 0 Å². The van der Waals surface area contributed by atoms with Crippen LogP contribution < -0.4 is 0 Å². The van der Waals surface area contributed by atoms with Crippen LogP contribution in [0.5, 0.6) is 0 Å². The van der Waals surface area contributed by atoms with Crippen LogP contribution >= 0.6 is 11.5 Å². The van der Waals surface area contributed by atoms with Gasteiger partial charge in [-0.3, -0.25) is 4.79 Å². The number of aromatic nitrogens is 1. The second kappa shape index (κ2) is 5.56. The van der Waals surface area contributed by atoms with E-state index in [1.807, 2.05) is 13.0 Å². The van der Waals surface area contributed by atoms with Crippen LogP contribution in [0.15, 0.2) is 6.07 Å². The molecule has 7 heteroatoms. The van der Waals surface area contributed by atoms with Gasteiger partial charge in [-0.05, 0) is 24.5 Å². The predicted molar refractivity (Wildman–Crippen MR) is 73.4 cm³/mol. The van der Waals surface area contributed by atoms with Crippen LogP contribution in [0.4, 0.5) is 4.79 Å². The summed E-state index contributed by atoms with van der Waals surface area (Å²) in [5, 5.41) is 0. The molecule has 1 aromatic rings. The summed E-state index contributed by atoms with van der Waals surface area (Å²) >= 11 is 1.34. The highest BCUT2D eigenvalue weighted by molar-refractivity contribution is 7.05. The second-order valence-electron chi connectivity index (χ2n) is 4.78. The van der Waals surface area contributed by atoms with Gasteiger partial charge in [0.1, 0.15) is 5.69 Å². The molecule has 0 aliphatic carbocycles. The van der Waals surface area contributed by atoms with Gasteiger partial charge in [0.2, 0.25) is 0 Å². The molecule has 1 aromatic heterocycles. The van der Waals surface area contributed by atoms with Gasteiger partial charge in [0.05, 0.1) is 0 Å². The first-order valence-corrected chi connectivity index (χ1v) is 6.95. The lowest BCUT2D eigenvalue weighted by Gasteiger charge is -2.35. The molecule has 0 N–H and O–H groups in total. The Morgan fingerprint density at radius 1 is 1.21 bits per heavy atom. The molecule has 0 bridgehead atoms. The second-order valence-corrected chi connectivity index (χ2v) is 5.79. The van der Waals surface area contributed by atoms with Gasteiger partial charge in [-0.15, -0.1) is 0 Å². The fourth-order valence-electron chi connectivity index (χ4n) is 2.01. The van der Waals surface area contributed by atoms with Crippen molar-refractivity contribution >= 4 is 23.5 Å². The van der Waals surface area contributed by atoms with E-state index < -0.39 is 0 Å². The molecule has 0 radical (unpaired) electrons. The third-order valence-corrected chi connectivity index (χ3v) is 3.76. The predicted octanol–water partition coefficient (Wildman–Crippen LogP) is 0.891. The molecule has 2 rings (SSSR count). The topological polar surface area (TPSA) is 56.8 Å². The number of carbonyl (C=O) groups is 2. The molecular formula is C12H18N4O2S. The van der Waals surface area contributed by atoms with Crippen molar-refractivity contribution in [3.05, 3.63) is 16.6 Å². The van der Waals surface area contributed by atoms with Gasteiger partial charge in [-0.2, -0.15) is 4.37 Å². The normalized spacial score (nSPS) is 15.5. The standard InChI is InChI=1S/C12H18N4O2S/c1-9-8-10(13-19-9)11(17)15-4-6-16(7-5-15)12(18)14(2)3/h8H,4-7H2,1-3H3. The number of urea groups is 1. The summed E-state index contributed by atoms with van der Waals surface area (Å²) in [6.45, 7) is 4.21. The van der Waals surface area contributed by atoms with Crippen LogP contribution in [0.2, 0.25) is 0 Å². The van der Waals surface area contributed by atoms with E-state index >= 15 is 0 Å². The molecule has 19 heavy (non-hydrogen) atoms. The van der Waals surface area contributed by atoms with E-state index in [1.165, 1.54) is 11.5 Å². The Bertz CT molecular complexity index is 478. The van der Waals surface area contributed by atoms with Gasteiger partial charge >= 0.3 is 6.03 Å². The molecule has 1 saturated heterocycles. The first kappa shape index (κ1) is 13.8. The summed E-state index contributed by atoms with van der Waals surface area (Å²) in [6, 6.07) is 1.81. The summed E-state index contributed by atoms with van der Waals surface area (Å²) in [5.41, 5.74) is 0.509. The summed E-state index contributed by atoms with van der Waals surface area (Å²) < 4.78 is 4.13. The van der Waals surface area contributed by atoms with Crippen molar-refractivity contribution in [1.29, 1.82) is 0 Å². The smallest absolute Gasteiger partial charge is 0.319 e. The molecule has 0 unspecified atom stereocenters. The molecule has 6 nitrogen and oxygen atoms in total. The van der Waals surface area contributed by atoms with Crippen molar-refractivity contribution in [2.24, 2.45) is 0 Å². The van der Waals surface area contributed by atoms with Gasteiger partial charge in [0, 0.05) is 45.2 Å². The fraction of sp³-hybridized carbons (Fsp3) is 0.583. The van der Waals surface area contributed by atoms with Crippen molar-refractivity contribution in [1.82, 2.24) is 19.1 Å². The molecule has 104 valence electrons. The number of carbonyl (C=O) groups excluding carboxylic acids is 2. The minimum Gasteiger partial charge on any atom is -0.334 e. The van der Waals surface area contributed by atoms with Gasteiger partial charge in [-0.25, -0.2) is 4.79 Å². The number of amides is 3. The minimum absolute atomic E-state index is 0.00315. The quantitative estimate of drug-likeness (QED) is 0.768. The van der Waals surface area contributed by atoms with Gasteiger partial charge < -0.3 is 14.7 Å². The molecule has 0 atom stereocenters. The monoisotopic (exact) mass is 282 g/mol. The van der Waals surface area contributed by atoms with Gasteiger partial charge in [0.15, 0.2) is 0 Å². The van der Waals surface area contributed by atoms with Crippen LogP contribution in [0.1, 0.15) is 15.4 Å². The van der Waals surface area contributed by atoms with Gasteiger partial charge in [0.25, 0.3) is 5.91 Å². The van der Waals surface area contributed by atoms with Crippen LogP contribution in [-0.4, -0.2) is 71.3 Å². The molecule has 0 spiro atoms. The lowest BCUT2D eigenvalue weighted by atomic mass is 10.2. The maximum Gasteiger partial charge on any atom is 0.319 e. The molecule has 1 fully saturated rings. The van der Waals surface area contributed by atoms with Crippen molar-refractivity contribution in [2.45, 2.75) is 6.92 Å². The highest BCUT2D eigenvalue weighted by Gasteiger charge is 2.26. The van der Waals surface area contributed by atoms with Crippen molar-refractivity contribution in [3.8, 4) is 0 Å². The maximum absolute atomic E-state index is 12.2. The Hall–Kier alpha value is -1.63. The third kappa shape index (κ3) is 3.04. The van der Waals surface area contributed by atoms with E-state index in [0.717, 1.165) is 4.88 Å². The van der Waals surface area contributed by atoms with E-state index in [1.54, 1.807) is 28.8 Å². The van der Waals surface area contributed by atoms with Gasteiger partial charge in [-0.1, -0.05) is 0 Å². The Labute approximate surface area is 116 Å². The zero-order chi connectivity index (χ0) is 14.0. The molecule has 1 aliphatic heterocycles. The van der Waals surface area contributed by atoms with Crippen LogP contribution in [0.25, 0.3) is 0 Å². The number of aryl methyl sites for hydroxylation is 1. The van der Waals surface area contributed by atoms with E-state index in [9.17, 15) is 9.59 Å². The lowest BCUT2D eigenvalue weighted by molar-refractivity contribution is 0.0646. The molecule has 1 aliphatic rings. The number of hydrogen-bond donors (Lipinski definition) is 0. The average molecular weight is 282 g/mol. The summed E-state index contributed by atoms with van der Waals surface area (Å²) in [4.78, 5) is 30.1. The number of piperazine rings is 1. The number of nitrogens with zero attached hydrogens (tertiary/aromatic N) is 4. The zero-order valence-electron chi connectivity index (χ0n) is 11.4. The Morgan fingerprint density at radius 3 is 2.26 bits per heavy atom. The molecule has 0 saturated carbocycles. The molecule has 2 heterocycles. The van der Waals surface area contributed by atoms with Crippen molar-refractivity contribution < 1.29 is 9.59 Å². The largest absolute Gasteiger partial charge is 0.334 e. The summed E-state index contributed by atoms with van der Waals surface area (Å²) in [6.07, 6.45) is 0. The van der Waals surface area contributed by atoms with Crippen LogP contribution in [-0.2, 0) is 0 Å². The third-order valence-electron chi connectivity index (χ3n) is 3.07. The van der Waals surface area contributed by atoms with E-state index in [-0.39, 0.29) is 11.9 Å². The summed E-state index contributed by atoms with van der Waals surface area (Å²) in [7, 11) is 3.47. The van der Waals surface area contributed by atoms with Crippen molar-refractivity contribution in [2.75, 3.05) is 40.3 Å². The number of hydrogen-bond acceptors (Lipinski definition) is 4. The molecule has 3 amide bonds. The Balaban J connectivity index is 1.93. The molecular weight excluding hydrogens is 264 g/mol. The zero-order valence-corrected chi connectivity index (χ0v) is 12.2. The summed E-state index contributed by atoms with van der Waals surface area (Å²) in [5.74, 6) is -0.0405. The number of rotatable bonds is 1. The fourth-order valence-corrected chi connectivity index (χ4v) is 2.55. The minimum atomic E-state index is -0.0405. The first-order chi connectivity index (χ1) is 8.99. The molecule has 0 aromatic carbocycles. The highest BCUT2D eigenvalue weighted by Crippen LogP contribution is 2.12. The lowest BCUT2D eigenvalue weighted by Crippen LogP contribution is -2.52. The Morgan fingerprint density at radius 2 is 1.79 bits per heavy atom. The van der Waals surface area contributed by atoms with Crippen LogP contribution in [0, 0.1) is 6.92 Å². The van der Waals surface area contributed by atoms with E-state index in [0.29, 0.717) is 31.9 Å². The Kier molecular flexibility index (Phi) is 4.04. The van der Waals surface area contributed by atoms with Crippen LogP contribution in [0.3, 0.4) is 0 Å². The maximum atomic E-state index is 12.2. The van der Waals surface area contributed by atoms with E-state index in [4.69, 9.17) is 0 Å². The highest BCUT2D eigenvalue weighted by atomic mass is 32.1. The first-order valence-electron chi connectivity index (χ1n) is 6.18. The average Bonchev–Trinajstić information content (AvgIpc) is 2.84.